The fourth-order valence-corrected chi connectivity index (χ4v) is 2.15. The zero-order valence-electron chi connectivity index (χ0n) is 9.69. The van der Waals surface area contributed by atoms with Gasteiger partial charge < -0.3 is 5.32 Å². The Hall–Kier alpha value is -1.13. The largest absolute Gasteiger partial charge is 0.351 e. The molecule has 1 rings (SSSR count). The lowest BCUT2D eigenvalue weighted by atomic mass is 10.1. The van der Waals surface area contributed by atoms with E-state index in [1.165, 1.54) is 5.56 Å². The molecule has 0 saturated carbocycles. The van der Waals surface area contributed by atoms with Gasteiger partial charge in [0, 0.05) is 12.6 Å². The summed E-state index contributed by atoms with van der Waals surface area (Å²) in [4.78, 5) is 11.6. The molecule has 1 heterocycles. The molecule has 0 radical (unpaired) electrons. The van der Waals surface area contributed by atoms with Crippen LogP contribution in [0.3, 0.4) is 0 Å². The second-order valence-corrected chi connectivity index (χ2v) is 4.48. The molecule has 2 unspecified atom stereocenters. The van der Waals surface area contributed by atoms with Gasteiger partial charge >= 0.3 is 0 Å². The van der Waals surface area contributed by atoms with Crippen molar-refractivity contribution < 1.29 is 4.79 Å². The van der Waals surface area contributed by atoms with Gasteiger partial charge in [0.15, 0.2) is 0 Å². The van der Waals surface area contributed by atoms with Gasteiger partial charge in [-0.25, -0.2) is 0 Å². The molecule has 3 nitrogen and oxygen atoms in total. The third-order valence-electron chi connectivity index (χ3n) is 2.36. The summed E-state index contributed by atoms with van der Waals surface area (Å²) in [6, 6.07) is 2.06. The van der Waals surface area contributed by atoms with Crippen molar-refractivity contribution in [1.29, 1.82) is 0 Å². The summed E-state index contributed by atoms with van der Waals surface area (Å²) in [6.45, 7) is 7.99. The van der Waals surface area contributed by atoms with Crippen LogP contribution in [-0.4, -0.2) is 18.5 Å². The first-order chi connectivity index (χ1) is 7.65. The number of hydrogen-bond acceptors (Lipinski definition) is 3. The van der Waals surface area contributed by atoms with E-state index in [2.05, 4.69) is 35.6 Å². The topological polar surface area (TPSA) is 41.1 Å². The second-order valence-electron chi connectivity index (χ2n) is 3.70. The third-order valence-corrected chi connectivity index (χ3v) is 3.06. The Balaban J connectivity index is 2.41. The molecule has 0 saturated heterocycles. The van der Waals surface area contributed by atoms with Crippen molar-refractivity contribution in [1.82, 2.24) is 10.6 Å². The Kier molecular flexibility index (Phi) is 5.22. The highest BCUT2D eigenvalue weighted by atomic mass is 32.1. The van der Waals surface area contributed by atoms with Crippen molar-refractivity contribution in [3.8, 4) is 0 Å². The Morgan fingerprint density at radius 1 is 1.62 bits per heavy atom. The zero-order valence-corrected chi connectivity index (χ0v) is 10.5. The highest BCUT2D eigenvalue weighted by Gasteiger charge is 2.15. The lowest BCUT2D eigenvalue weighted by Gasteiger charge is -2.18. The van der Waals surface area contributed by atoms with Crippen LogP contribution < -0.4 is 10.6 Å². The van der Waals surface area contributed by atoms with Gasteiger partial charge in [0.25, 0.3) is 0 Å². The number of amides is 1. The third kappa shape index (κ3) is 3.79. The number of hydrogen-bond donors (Lipinski definition) is 2. The molecule has 0 aromatic carbocycles. The van der Waals surface area contributed by atoms with Crippen LogP contribution in [0.15, 0.2) is 29.5 Å². The van der Waals surface area contributed by atoms with Gasteiger partial charge in [-0.2, -0.15) is 11.3 Å². The van der Waals surface area contributed by atoms with Gasteiger partial charge in [0.05, 0.1) is 6.04 Å². The van der Waals surface area contributed by atoms with E-state index < -0.39 is 0 Å². The molecule has 0 aliphatic carbocycles. The smallest absolute Gasteiger partial charge is 0.237 e. The Bertz CT molecular complexity index is 335. The van der Waals surface area contributed by atoms with E-state index in [1.54, 1.807) is 17.4 Å². The van der Waals surface area contributed by atoms with Crippen LogP contribution in [0.5, 0.6) is 0 Å². The maximum Gasteiger partial charge on any atom is 0.237 e. The fourth-order valence-electron chi connectivity index (χ4n) is 1.39. The molecular weight excluding hydrogens is 220 g/mol. The number of rotatable bonds is 6. The molecule has 0 spiro atoms. The van der Waals surface area contributed by atoms with Gasteiger partial charge in [0.2, 0.25) is 5.91 Å². The molecule has 0 bridgehead atoms. The van der Waals surface area contributed by atoms with Gasteiger partial charge in [0.1, 0.15) is 0 Å². The van der Waals surface area contributed by atoms with Crippen LogP contribution in [0, 0.1) is 0 Å². The van der Waals surface area contributed by atoms with E-state index in [9.17, 15) is 4.79 Å². The van der Waals surface area contributed by atoms with Crippen LogP contribution in [0.25, 0.3) is 0 Å². The van der Waals surface area contributed by atoms with Crippen LogP contribution >= 0.6 is 11.3 Å². The minimum atomic E-state index is -0.199. The molecule has 2 N–H and O–H groups in total. The van der Waals surface area contributed by atoms with Crippen molar-refractivity contribution in [2.75, 3.05) is 6.54 Å². The quantitative estimate of drug-likeness (QED) is 0.745. The van der Waals surface area contributed by atoms with Crippen LogP contribution in [0.4, 0.5) is 0 Å². The number of carbonyl (C=O) groups excluding carboxylic acids is 1. The van der Waals surface area contributed by atoms with Crippen LogP contribution in [0.1, 0.15) is 25.5 Å². The summed E-state index contributed by atoms with van der Waals surface area (Å²) in [5, 5.41) is 10.1. The van der Waals surface area contributed by atoms with E-state index in [-0.39, 0.29) is 18.0 Å². The van der Waals surface area contributed by atoms with Gasteiger partial charge in [-0.3, -0.25) is 10.1 Å². The first-order valence-corrected chi connectivity index (χ1v) is 6.26. The molecule has 0 fully saturated rings. The second kappa shape index (κ2) is 6.45. The summed E-state index contributed by atoms with van der Waals surface area (Å²) in [5.41, 5.74) is 1.22. The summed E-state index contributed by atoms with van der Waals surface area (Å²) >= 11 is 1.66. The SMILES string of the molecule is C=CCNC(=O)C(C)NC(C)c1ccsc1. The van der Waals surface area contributed by atoms with Crippen molar-refractivity contribution in [3.63, 3.8) is 0 Å². The normalized spacial score (nSPS) is 14.1. The van der Waals surface area contributed by atoms with Crippen LogP contribution in [-0.2, 0) is 4.79 Å². The minimum absolute atomic E-state index is 0.00183. The van der Waals surface area contributed by atoms with E-state index in [0.29, 0.717) is 6.54 Å². The lowest BCUT2D eigenvalue weighted by Crippen LogP contribution is -2.43. The van der Waals surface area contributed by atoms with Crippen molar-refractivity contribution >= 4 is 17.2 Å². The summed E-state index contributed by atoms with van der Waals surface area (Å²) in [5.74, 6) is 0.00183. The fraction of sp³-hybridized carbons (Fsp3) is 0.417. The Labute approximate surface area is 101 Å². The first-order valence-electron chi connectivity index (χ1n) is 5.32. The molecule has 0 aliphatic heterocycles. The lowest BCUT2D eigenvalue weighted by molar-refractivity contribution is -0.122. The van der Waals surface area contributed by atoms with Crippen LogP contribution in [0.2, 0.25) is 0 Å². The number of thiophene rings is 1. The average molecular weight is 238 g/mol. The Morgan fingerprint density at radius 2 is 2.38 bits per heavy atom. The molecule has 88 valence electrons. The maximum atomic E-state index is 11.6. The van der Waals surface area contributed by atoms with Gasteiger partial charge in [-0.15, -0.1) is 6.58 Å². The summed E-state index contributed by atoms with van der Waals surface area (Å²) in [7, 11) is 0. The number of nitrogens with one attached hydrogen (secondary N) is 2. The van der Waals surface area contributed by atoms with E-state index in [1.807, 2.05) is 12.3 Å². The Morgan fingerprint density at radius 3 is 2.94 bits per heavy atom. The predicted molar refractivity (Wildman–Crippen MR) is 68.5 cm³/mol. The molecule has 2 atom stereocenters. The molecule has 1 aromatic heterocycles. The zero-order chi connectivity index (χ0) is 12.0. The van der Waals surface area contributed by atoms with Gasteiger partial charge in [-0.05, 0) is 36.2 Å². The standard InChI is InChI=1S/C12H18N2OS/c1-4-6-13-12(15)10(3)14-9(2)11-5-7-16-8-11/h4-5,7-10,14H,1,6H2,2-3H3,(H,13,15). The van der Waals surface area contributed by atoms with E-state index >= 15 is 0 Å². The van der Waals surface area contributed by atoms with Crippen molar-refractivity contribution in [2.45, 2.75) is 25.9 Å². The van der Waals surface area contributed by atoms with E-state index in [4.69, 9.17) is 0 Å². The molecular formula is C12H18N2OS. The van der Waals surface area contributed by atoms with Gasteiger partial charge in [-0.1, -0.05) is 6.08 Å². The van der Waals surface area contributed by atoms with Crippen molar-refractivity contribution in [2.24, 2.45) is 0 Å². The molecule has 1 amide bonds. The van der Waals surface area contributed by atoms with E-state index in [0.717, 1.165) is 0 Å². The summed E-state index contributed by atoms with van der Waals surface area (Å²) < 4.78 is 0. The molecule has 16 heavy (non-hydrogen) atoms. The predicted octanol–water partition coefficient (Wildman–Crippen LogP) is 2.09. The summed E-state index contributed by atoms with van der Waals surface area (Å²) in [6.07, 6.45) is 1.67. The number of carbonyl (C=O) groups is 1. The minimum Gasteiger partial charge on any atom is -0.351 e. The molecule has 4 heteroatoms. The average Bonchev–Trinajstić information content (AvgIpc) is 2.79. The molecule has 1 aromatic rings. The van der Waals surface area contributed by atoms with Crippen molar-refractivity contribution in [3.05, 3.63) is 35.0 Å². The maximum absolute atomic E-state index is 11.6. The highest BCUT2D eigenvalue weighted by Crippen LogP contribution is 2.15. The highest BCUT2D eigenvalue weighted by molar-refractivity contribution is 7.07. The first kappa shape index (κ1) is 12.9. The molecule has 0 aliphatic rings. The monoisotopic (exact) mass is 238 g/mol.